The number of aryl methyl sites for hydroxylation is 1. The molecule has 4 nitrogen and oxygen atoms in total. The zero-order valence-electron chi connectivity index (χ0n) is 9.04. The van der Waals surface area contributed by atoms with Gasteiger partial charge in [0.25, 0.3) is 5.69 Å². The molecule has 17 heavy (non-hydrogen) atoms. The van der Waals surface area contributed by atoms with E-state index in [1.807, 2.05) is 0 Å². The molecule has 1 N–H and O–H groups in total. The maximum absolute atomic E-state index is 11.9. The molecule has 0 saturated carbocycles. The molecule has 0 bridgehead atoms. The third kappa shape index (κ3) is 4.71. The van der Waals surface area contributed by atoms with Crippen molar-refractivity contribution in [3.05, 3.63) is 33.9 Å². The van der Waals surface area contributed by atoms with E-state index >= 15 is 0 Å². The third-order valence-electron chi connectivity index (χ3n) is 2.01. The number of nitro groups is 1. The summed E-state index contributed by atoms with van der Waals surface area (Å²) in [6.07, 6.45) is -5.21. The van der Waals surface area contributed by atoms with E-state index in [2.05, 4.69) is 5.32 Å². The average molecular weight is 248 g/mol. The number of rotatable bonds is 4. The minimum atomic E-state index is -4.23. The summed E-state index contributed by atoms with van der Waals surface area (Å²) >= 11 is 0. The number of halogens is 3. The average Bonchev–Trinajstić information content (AvgIpc) is 2.14. The predicted molar refractivity (Wildman–Crippen MR) is 57.0 cm³/mol. The van der Waals surface area contributed by atoms with Crippen LogP contribution in [0.3, 0.4) is 0 Å². The van der Waals surface area contributed by atoms with Crippen LogP contribution in [0.25, 0.3) is 0 Å². The molecule has 0 spiro atoms. The second kappa shape index (κ2) is 5.03. The summed E-state index contributed by atoms with van der Waals surface area (Å²) in [5.74, 6) is 0. The quantitative estimate of drug-likeness (QED) is 0.657. The summed E-state index contributed by atoms with van der Waals surface area (Å²) in [6, 6.07) is 4.13. The number of benzene rings is 1. The van der Waals surface area contributed by atoms with E-state index in [9.17, 15) is 23.3 Å². The lowest BCUT2D eigenvalue weighted by Crippen LogP contribution is -2.14. The fraction of sp³-hybridized carbons (Fsp3) is 0.400. The first-order valence-electron chi connectivity index (χ1n) is 4.84. The molecule has 0 fully saturated rings. The van der Waals surface area contributed by atoms with Gasteiger partial charge in [-0.15, -0.1) is 0 Å². The zero-order chi connectivity index (χ0) is 13.1. The van der Waals surface area contributed by atoms with Gasteiger partial charge in [0.15, 0.2) is 0 Å². The van der Waals surface area contributed by atoms with E-state index < -0.39 is 17.5 Å². The van der Waals surface area contributed by atoms with Crippen LogP contribution in [-0.2, 0) is 0 Å². The summed E-state index contributed by atoms with van der Waals surface area (Å²) in [5.41, 5.74) is 0.800. The number of hydrogen-bond acceptors (Lipinski definition) is 3. The summed E-state index contributed by atoms with van der Waals surface area (Å²) < 4.78 is 35.7. The maximum atomic E-state index is 11.9. The molecule has 0 aliphatic carbocycles. The second-order valence-electron chi connectivity index (χ2n) is 3.61. The number of nitro benzene ring substituents is 1. The first-order valence-corrected chi connectivity index (χ1v) is 4.84. The fourth-order valence-corrected chi connectivity index (χ4v) is 1.32. The number of nitrogens with one attached hydrogen (secondary N) is 1. The van der Waals surface area contributed by atoms with E-state index in [-0.39, 0.29) is 12.2 Å². The Morgan fingerprint density at radius 2 is 2.00 bits per heavy atom. The molecule has 0 radical (unpaired) electrons. The van der Waals surface area contributed by atoms with E-state index in [0.29, 0.717) is 11.3 Å². The molecule has 0 heterocycles. The van der Waals surface area contributed by atoms with Gasteiger partial charge in [-0.2, -0.15) is 13.2 Å². The van der Waals surface area contributed by atoms with Gasteiger partial charge in [-0.1, -0.05) is 0 Å². The van der Waals surface area contributed by atoms with E-state index in [1.54, 1.807) is 13.0 Å². The minimum absolute atomic E-state index is 0.139. The standard InChI is InChI=1S/C10H11F3N2O2/c1-7-4-8(6-9(5-7)15(16)17)14-3-2-10(11,12)13/h4-6,14H,2-3H2,1H3. The Kier molecular flexibility index (Phi) is 3.93. The van der Waals surface area contributed by atoms with Gasteiger partial charge in [0.05, 0.1) is 11.3 Å². The maximum Gasteiger partial charge on any atom is 0.390 e. The van der Waals surface area contributed by atoms with Crippen molar-refractivity contribution in [3.8, 4) is 0 Å². The molecule has 0 aromatic heterocycles. The predicted octanol–water partition coefficient (Wildman–Crippen LogP) is 3.27. The molecule has 7 heteroatoms. The van der Waals surface area contributed by atoms with Crippen molar-refractivity contribution in [1.82, 2.24) is 0 Å². The van der Waals surface area contributed by atoms with Crippen molar-refractivity contribution in [1.29, 1.82) is 0 Å². The fourth-order valence-electron chi connectivity index (χ4n) is 1.32. The molecule has 1 aromatic rings. The third-order valence-corrected chi connectivity index (χ3v) is 2.01. The van der Waals surface area contributed by atoms with Crippen LogP contribution in [0.1, 0.15) is 12.0 Å². The second-order valence-corrected chi connectivity index (χ2v) is 3.61. The van der Waals surface area contributed by atoms with Crippen LogP contribution >= 0.6 is 0 Å². The Hall–Kier alpha value is -1.79. The van der Waals surface area contributed by atoms with Crippen molar-refractivity contribution in [3.63, 3.8) is 0 Å². The molecule has 94 valence electrons. The van der Waals surface area contributed by atoms with Crippen LogP contribution in [0.15, 0.2) is 18.2 Å². The van der Waals surface area contributed by atoms with Crippen LogP contribution in [0.5, 0.6) is 0 Å². The molecular weight excluding hydrogens is 237 g/mol. The summed E-state index contributed by atoms with van der Waals surface area (Å²) in [5, 5.41) is 13.0. The van der Waals surface area contributed by atoms with Crippen LogP contribution in [-0.4, -0.2) is 17.6 Å². The number of non-ortho nitro benzene ring substituents is 1. The molecule has 1 rings (SSSR count). The van der Waals surface area contributed by atoms with Gasteiger partial charge < -0.3 is 5.32 Å². The van der Waals surface area contributed by atoms with E-state index in [4.69, 9.17) is 0 Å². The monoisotopic (exact) mass is 248 g/mol. The van der Waals surface area contributed by atoms with Crippen molar-refractivity contribution >= 4 is 11.4 Å². The SMILES string of the molecule is Cc1cc(NCCC(F)(F)F)cc([N+](=O)[O-])c1. The van der Waals surface area contributed by atoms with Gasteiger partial charge in [-0.3, -0.25) is 10.1 Å². The van der Waals surface area contributed by atoms with E-state index in [0.717, 1.165) is 0 Å². The number of hydrogen-bond donors (Lipinski definition) is 1. The molecule has 0 saturated heterocycles. The lowest BCUT2D eigenvalue weighted by molar-refractivity contribution is -0.384. The molecule has 0 atom stereocenters. The molecule has 0 unspecified atom stereocenters. The molecule has 0 aliphatic rings. The minimum Gasteiger partial charge on any atom is -0.384 e. The van der Waals surface area contributed by atoms with Crippen LogP contribution in [0, 0.1) is 17.0 Å². The summed E-state index contributed by atoms with van der Waals surface area (Å²) in [6.45, 7) is 1.34. The van der Waals surface area contributed by atoms with Crippen molar-refractivity contribution in [2.45, 2.75) is 19.5 Å². The molecule has 0 amide bonds. The van der Waals surface area contributed by atoms with Gasteiger partial charge in [0.1, 0.15) is 0 Å². The Morgan fingerprint density at radius 1 is 1.35 bits per heavy atom. The highest BCUT2D eigenvalue weighted by atomic mass is 19.4. The summed E-state index contributed by atoms with van der Waals surface area (Å²) in [7, 11) is 0. The Bertz CT molecular complexity index is 419. The number of alkyl halides is 3. The summed E-state index contributed by atoms with van der Waals surface area (Å²) in [4.78, 5) is 9.95. The number of anilines is 1. The highest BCUT2D eigenvalue weighted by molar-refractivity contribution is 5.53. The Labute approximate surface area is 95.6 Å². The van der Waals surface area contributed by atoms with Gasteiger partial charge in [0.2, 0.25) is 0 Å². The largest absolute Gasteiger partial charge is 0.390 e. The normalized spacial score (nSPS) is 11.3. The van der Waals surface area contributed by atoms with Crippen molar-refractivity contribution < 1.29 is 18.1 Å². The van der Waals surface area contributed by atoms with Gasteiger partial charge >= 0.3 is 6.18 Å². The van der Waals surface area contributed by atoms with Crippen molar-refractivity contribution in [2.75, 3.05) is 11.9 Å². The van der Waals surface area contributed by atoms with Crippen LogP contribution in [0.4, 0.5) is 24.5 Å². The number of nitrogens with zero attached hydrogens (tertiary/aromatic N) is 1. The van der Waals surface area contributed by atoms with Gasteiger partial charge in [-0.25, -0.2) is 0 Å². The highest BCUT2D eigenvalue weighted by Gasteiger charge is 2.26. The highest BCUT2D eigenvalue weighted by Crippen LogP contribution is 2.22. The van der Waals surface area contributed by atoms with Crippen LogP contribution in [0.2, 0.25) is 0 Å². The first-order chi connectivity index (χ1) is 7.78. The Morgan fingerprint density at radius 3 is 2.53 bits per heavy atom. The van der Waals surface area contributed by atoms with Crippen LogP contribution < -0.4 is 5.32 Å². The molecular formula is C10H11F3N2O2. The lowest BCUT2D eigenvalue weighted by atomic mass is 10.2. The smallest absolute Gasteiger partial charge is 0.384 e. The Balaban J connectivity index is 2.68. The van der Waals surface area contributed by atoms with Crippen molar-refractivity contribution in [2.24, 2.45) is 0 Å². The van der Waals surface area contributed by atoms with Gasteiger partial charge in [0, 0.05) is 24.4 Å². The zero-order valence-corrected chi connectivity index (χ0v) is 9.04. The van der Waals surface area contributed by atoms with Gasteiger partial charge in [-0.05, 0) is 18.6 Å². The first kappa shape index (κ1) is 13.3. The molecule has 0 aliphatic heterocycles. The van der Waals surface area contributed by atoms with E-state index in [1.165, 1.54) is 12.1 Å². The lowest BCUT2D eigenvalue weighted by Gasteiger charge is -2.09. The molecule has 1 aromatic carbocycles. The topological polar surface area (TPSA) is 55.2 Å².